The van der Waals surface area contributed by atoms with E-state index in [0.29, 0.717) is 17.9 Å². The molecule has 2 heterocycles. The molecule has 3 rings (SSSR count). The normalized spacial score (nSPS) is 13.7. The molecule has 2 N–H and O–H groups in total. The van der Waals surface area contributed by atoms with Crippen molar-refractivity contribution in [1.29, 1.82) is 0 Å². The van der Waals surface area contributed by atoms with Gasteiger partial charge in [-0.25, -0.2) is 9.97 Å². The van der Waals surface area contributed by atoms with Crippen molar-refractivity contribution in [3.05, 3.63) is 60.4 Å². The summed E-state index contributed by atoms with van der Waals surface area (Å²) in [5.41, 5.74) is 2.46. The first-order valence-corrected chi connectivity index (χ1v) is 7.28. The van der Waals surface area contributed by atoms with Gasteiger partial charge in [0, 0.05) is 18.8 Å². The van der Waals surface area contributed by atoms with Crippen molar-refractivity contribution in [2.45, 2.75) is 25.5 Å². The highest BCUT2D eigenvalue weighted by molar-refractivity contribution is 5.71. The van der Waals surface area contributed by atoms with Gasteiger partial charge in [-0.05, 0) is 24.6 Å². The second kappa shape index (κ2) is 6.49. The molecule has 2 atom stereocenters. The smallest absolute Gasteiger partial charge is 0.180 e. The highest BCUT2D eigenvalue weighted by atomic mass is 16.3. The lowest BCUT2D eigenvalue weighted by Gasteiger charge is -2.21. The van der Waals surface area contributed by atoms with Crippen molar-refractivity contribution in [2.75, 3.05) is 5.32 Å². The van der Waals surface area contributed by atoms with E-state index in [1.165, 1.54) is 0 Å². The van der Waals surface area contributed by atoms with Crippen LogP contribution in [0.2, 0.25) is 0 Å². The zero-order valence-corrected chi connectivity index (χ0v) is 12.3. The van der Waals surface area contributed by atoms with Crippen molar-refractivity contribution in [3.63, 3.8) is 0 Å². The summed E-state index contributed by atoms with van der Waals surface area (Å²) in [6, 6.07) is 13.5. The summed E-state index contributed by atoms with van der Waals surface area (Å²) in [6.45, 7) is 1.94. The summed E-state index contributed by atoms with van der Waals surface area (Å²) < 4.78 is 0. The van der Waals surface area contributed by atoms with E-state index in [2.05, 4.69) is 20.3 Å². The Balaban J connectivity index is 1.68. The van der Waals surface area contributed by atoms with Gasteiger partial charge in [-0.2, -0.15) is 0 Å². The van der Waals surface area contributed by atoms with E-state index >= 15 is 0 Å². The van der Waals surface area contributed by atoms with Gasteiger partial charge in [0.25, 0.3) is 0 Å². The van der Waals surface area contributed by atoms with Crippen LogP contribution in [0.25, 0.3) is 11.2 Å². The lowest BCUT2D eigenvalue weighted by atomic mass is 10.0. The van der Waals surface area contributed by atoms with Gasteiger partial charge in [-0.15, -0.1) is 0 Å². The number of nitrogens with one attached hydrogen (secondary N) is 1. The lowest BCUT2D eigenvalue weighted by molar-refractivity contribution is 0.158. The first-order chi connectivity index (χ1) is 10.7. The standard InChI is InChI=1S/C17H18N4O/c1-12(15(22)11-13-5-3-2-4-6-13)20-16-8-7-14-17(21-16)19-10-9-18-14/h2-10,12,15,22H,11H2,1H3,(H,19,20,21). The van der Waals surface area contributed by atoms with Gasteiger partial charge >= 0.3 is 0 Å². The summed E-state index contributed by atoms with van der Waals surface area (Å²) in [5, 5.41) is 13.6. The molecule has 0 amide bonds. The van der Waals surface area contributed by atoms with Crippen LogP contribution in [0, 0.1) is 0 Å². The van der Waals surface area contributed by atoms with E-state index in [-0.39, 0.29) is 6.04 Å². The third-order valence-electron chi connectivity index (χ3n) is 3.57. The molecule has 112 valence electrons. The Morgan fingerprint density at radius 2 is 1.82 bits per heavy atom. The van der Waals surface area contributed by atoms with Gasteiger partial charge in [0.2, 0.25) is 0 Å². The van der Waals surface area contributed by atoms with Crippen LogP contribution in [-0.4, -0.2) is 32.2 Å². The number of pyridine rings is 1. The molecule has 2 unspecified atom stereocenters. The van der Waals surface area contributed by atoms with Crippen molar-refractivity contribution in [3.8, 4) is 0 Å². The number of aliphatic hydroxyl groups excluding tert-OH is 1. The van der Waals surface area contributed by atoms with Crippen LogP contribution in [-0.2, 0) is 6.42 Å². The Morgan fingerprint density at radius 1 is 1.05 bits per heavy atom. The quantitative estimate of drug-likeness (QED) is 0.756. The fourth-order valence-corrected chi connectivity index (χ4v) is 2.30. The summed E-state index contributed by atoms with van der Waals surface area (Å²) in [5.74, 6) is 0.688. The van der Waals surface area contributed by atoms with E-state index in [4.69, 9.17) is 0 Å². The Kier molecular flexibility index (Phi) is 4.25. The zero-order chi connectivity index (χ0) is 15.4. The van der Waals surface area contributed by atoms with E-state index in [0.717, 1.165) is 11.1 Å². The maximum Gasteiger partial charge on any atom is 0.180 e. The molecule has 3 aromatic rings. The van der Waals surface area contributed by atoms with Crippen molar-refractivity contribution in [2.24, 2.45) is 0 Å². The molecule has 1 aromatic carbocycles. The highest BCUT2D eigenvalue weighted by Gasteiger charge is 2.15. The summed E-state index contributed by atoms with van der Waals surface area (Å²) in [4.78, 5) is 12.8. The molecule has 5 nitrogen and oxygen atoms in total. The number of anilines is 1. The largest absolute Gasteiger partial charge is 0.391 e. The van der Waals surface area contributed by atoms with Crippen LogP contribution in [0.1, 0.15) is 12.5 Å². The van der Waals surface area contributed by atoms with Crippen LogP contribution in [0.15, 0.2) is 54.9 Å². The number of hydrogen-bond acceptors (Lipinski definition) is 5. The van der Waals surface area contributed by atoms with E-state index < -0.39 is 6.10 Å². The van der Waals surface area contributed by atoms with Crippen molar-refractivity contribution >= 4 is 17.0 Å². The highest BCUT2D eigenvalue weighted by Crippen LogP contribution is 2.13. The van der Waals surface area contributed by atoms with Gasteiger partial charge in [0.15, 0.2) is 5.65 Å². The monoisotopic (exact) mass is 294 g/mol. The number of aromatic nitrogens is 3. The van der Waals surface area contributed by atoms with Crippen LogP contribution >= 0.6 is 0 Å². The second-order valence-corrected chi connectivity index (χ2v) is 5.29. The summed E-state index contributed by atoms with van der Waals surface area (Å²) >= 11 is 0. The molecule has 0 spiro atoms. The molecular formula is C17H18N4O. The minimum atomic E-state index is -0.498. The molecule has 2 aromatic heterocycles. The first kappa shape index (κ1) is 14.4. The van der Waals surface area contributed by atoms with Crippen LogP contribution in [0.5, 0.6) is 0 Å². The number of aliphatic hydroxyl groups is 1. The second-order valence-electron chi connectivity index (χ2n) is 5.29. The molecule has 5 heteroatoms. The SMILES string of the molecule is CC(Nc1ccc2nccnc2n1)C(O)Cc1ccccc1. The van der Waals surface area contributed by atoms with Gasteiger partial charge in [-0.3, -0.25) is 4.98 Å². The minimum absolute atomic E-state index is 0.123. The third kappa shape index (κ3) is 3.38. The third-order valence-corrected chi connectivity index (χ3v) is 3.57. The molecule has 0 saturated heterocycles. The topological polar surface area (TPSA) is 70.9 Å². The van der Waals surface area contributed by atoms with E-state index in [1.54, 1.807) is 12.4 Å². The average molecular weight is 294 g/mol. The number of rotatable bonds is 5. The molecule has 0 bridgehead atoms. The van der Waals surface area contributed by atoms with Gasteiger partial charge < -0.3 is 10.4 Å². The van der Waals surface area contributed by atoms with Crippen LogP contribution in [0.4, 0.5) is 5.82 Å². The van der Waals surface area contributed by atoms with Gasteiger partial charge in [-0.1, -0.05) is 30.3 Å². The molecule has 0 aliphatic heterocycles. The molecule has 0 fully saturated rings. The number of nitrogens with zero attached hydrogens (tertiary/aromatic N) is 3. The molecule has 0 saturated carbocycles. The maximum absolute atomic E-state index is 10.3. The van der Waals surface area contributed by atoms with Crippen LogP contribution < -0.4 is 5.32 Å². The Labute approximate surface area is 129 Å². The lowest BCUT2D eigenvalue weighted by Crippen LogP contribution is -2.32. The fourth-order valence-electron chi connectivity index (χ4n) is 2.30. The zero-order valence-electron chi connectivity index (χ0n) is 12.3. The Hall–Kier alpha value is -2.53. The van der Waals surface area contributed by atoms with Gasteiger partial charge in [0.05, 0.1) is 12.1 Å². The predicted molar refractivity (Wildman–Crippen MR) is 86.6 cm³/mol. The summed E-state index contributed by atoms with van der Waals surface area (Å²) in [6.07, 6.45) is 3.36. The predicted octanol–water partition coefficient (Wildman–Crippen LogP) is 2.43. The van der Waals surface area contributed by atoms with Gasteiger partial charge in [0.1, 0.15) is 11.3 Å². The first-order valence-electron chi connectivity index (χ1n) is 7.28. The fraction of sp³-hybridized carbons (Fsp3) is 0.235. The van der Waals surface area contributed by atoms with Crippen molar-refractivity contribution in [1.82, 2.24) is 15.0 Å². The molecular weight excluding hydrogens is 276 g/mol. The molecule has 22 heavy (non-hydrogen) atoms. The average Bonchev–Trinajstić information content (AvgIpc) is 2.55. The molecule has 0 aliphatic rings. The van der Waals surface area contributed by atoms with Crippen LogP contribution in [0.3, 0.4) is 0 Å². The maximum atomic E-state index is 10.3. The van der Waals surface area contributed by atoms with Crippen molar-refractivity contribution < 1.29 is 5.11 Å². The molecule has 0 aliphatic carbocycles. The van der Waals surface area contributed by atoms with E-state index in [1.807, 2.05) is 49.4 Å². The van der Waals surface area contributed by atoms with E-state index in [9.17, 15) is 5.11 Å². The Bertz CT molecular complexity index is 748. The number of benzene rings is 1. The Morgan fingerprint density at radius 3 is 2.64 bits per heavy atom. The number of hydrogen-bond donors (Lipinski definition) is 2. The number of fused-ring (bicyclic) bond motifs is 1. The summed E-state index contributed by atoms with van der Waals surface area (Å²) in [7, 11) is 0. The molecule has 0 radical (unpaired) electrons. The minimum Gasteiger partial charge on any atom is -0.391 e.